The summed E-state index contributed by atoms with van der Waals surface area (Å²) in [4.78, 5) is 11.2. The van der Waals surface area contributed by atoms with E-state index in [1.54, 1.807) is 13.2 Å². The fourth-order valence-electron chi connectivity index (χ4n) is 2.24. The molecular weight excluding hydrogens is 264 g/mol. The van der Waals surface area contributed by atoms with Crippen molar-refractivity contribution in [2.45, 2.75) is 19.5 Å². The van der Waals surface area contributed by atoms with E-state index >= 15 is 0 Å². The molecule has 0 aromatic heterocycles. The molecule has 3 N–H and O–H groups in total. The molecule has 1 atom stereocenters. The number of amides is 1. The molecule has 4 nitrogen and oxygen atoms in total. The van der Waals surface area contributed by atoms with Gasteiger partial charge in [0.1, 0.15) is 5.75 Å². The van der Waals surface area contributed by atoms with E-state index in [0.717, 1.165) is 16.9 Å². The lowest BCUT2D eigenvalue weighted by molar-refractivity contribution is 0.1000. The van der Waals surface area contributed by atoms with E-state index in [0.29, 0.717) is 12.1 Å². The number of carbonyl (C=O) groups is 1. The number of hydrogen-bond acceptors (Lipinski definition) is 3. The van der Waals surface area contributed by atoms with Crippen molar-refractivity contribution in [3.63, 3.8) is 0 Å². The molecule has 0 saturated heterocycles. The van der Waals surface area contributed by atoms with Crippen LogP contribution in [0.3, 0.4) is 0 Å². The van der Waals surface area contributed by atoms with Crippen molar-refractivity contribution in [1.29, 1.82) is 0 Å². The van der Waals surface area contributed by atoms with Crippen LogP contribution >= 0.6 is 0 Å². The summed E-state index contributed by atoms with van der Waals surface area (Å²) in [5.74, 6) is 0.456. The first kappa shape index (κ1) is 15.1. The number of primary amides is 1. The molecule has 0 radical (unpaired) electrons. The van der Waals surface area contributed by atoms with Crippen molar-refractivity contribution < 1.29 is 9.53 Å². The molecular formula is C17H20N2O2. The molecule has 2 aromatic carbocycles. The lowest BCUT2D eigenvalue weighted by Gasteiger charge is -2.17. The molecule has 110 valence electrons. The average Bonchev–Trinajstić information content (AvgIpc) is 2.52. The molecule has 0 fully saturated rings. The van der Waals surface area contributed by atoms with Crippen molar-refractivity contribution in [2.24, 2.45) is 5.73 Å². The summed E-state index contributed by atoms with van der Waals surface area (Å²) < 4.78 is 5.37. The summed E-state index contributed by atoms with van der Waals surface area (Å²) in [6, 6.07) is 15.4. The largest absolute Gasteiger partial charge is 0.496 e. The van der Waals surface area contributed by atoms with Crippen LogP contribution in [0.15, 0.2) is 48.5 Å². The fourth-order valence-corrected chi connectivity index (χ4v) is 2.24. The second-order valence-electron chi connectivity index (χ2n) is 4.91. The predicted octanol–water partition coefficient (Wildman–Crippen LogP) is 2.64. The molecule has 0 aliphatic heterocycles. The second-order valence-corrected chi connectivity index (χ2v) is 4.91. The van der Waals surface area contributed by atoms with Gasteiger partial charge in [-0.25, -0.2) is 0 Å². The van der Waals surface area contributed by atoms with Gasteiger partial charge in [0.25, 0.3) is 0 Å². The molecule has 0 aliphatic carbocycles. The Morgan fingerprint density at radius 1 is 1.24 bits per heavy atom. The minimum absolute atomic E-state index is 0.137. The maximum atomic E-state index is 11.2. The standard InChI is InChI=1S/C17H20N2O2/c1-12(15-8-3-4-9-16(15)21-2)19-11-13-6-5-7-14(10-13)17(18)20/h3-10,12,19H,11H2,1-2H3,(H2,18,20)/t12-/m1/s1. The number of nitrogens with two attached hydrogens (primary N) is 1. The molecule has 0 bridgehead atoms. The number of hydrogen-bond donors (Lipinski definition) is 2. The Balaban J connectivity index is 2.05. The first-order valence-corrected chi connectivity index (χ1v) is 6.87. The number of methoxy groups -OCH3 is 1. The van der Waals surface area contributed by atoms with Gasteiger partial charge >= 0.3 is 0 Å². The molecule has 4 heteroatoms. The maximum Gasteiger partial charge on any atom is 0.248 e. The summed E-state index contributed by atoms with van der Waals surface area (Å²) >= 11 is 0. The lowest BCUT2D eigenvalue weighted by atomic mass is 10.1. The van der Waals surface area contributed by atoms with Gasteiger partial charge in [0, 0.05) is 23.7 Å². The minimum Gasteiger partial charge on any atom is -0.496 e. The van der Waals surface area contributed by atoms with E-state index in [1.807, 2.05) is 42.5 Å². The molecule has 0 heterocycles. The van der Waals surface area contributed by atoms with Gasteiger partial charge in [-0.3, -0.25) is 4.79 Å². The van der Waals surface area contributed by atoms with Crippen LogP contribution < -0.4 is 15.8 Å². The van der Waals surface area contributed by atoms with Gasteiger partial charge in [-0.05, 0) is 30.7 Å². The third-order valence-corrected chi connectivity index (χ3v) is 3.43. The Morgan fingerprint density at radius 2 is 2.00 bits per heavy atom. The molecule has 2 aromatic rings. The van der Waals surface area contributed by atoms with Crippen LogP contribution in [-0.2, 0) is 6.54 Å². The van der Waals surface area contributed by atoms with Gasteiger partial charge in [0.2, 0.25) is 5.91 Å². The summed E-state index contributed by atoms with van der Waals surface area (Å²) in [5.41, 5.74) is 7.94. The van der Waals surface area contributed by atoms with Crippen LogP contribution in [-0.4, -0.2) is 13.0 Å². The Morgan fingerprint density at radius 3 is 2.71 bits per heavy atom. The topological polar surface area (TPSA) is 64.3 Å². The number of rotatable bonds is 6. The highest BCUT2D eigenvalue weighted by Gasteiger charge is 2.10. The van der Waals surface area contributed by atoms with Crippen molar-refractivity contribution >= 4 is 5.91 Å². The average molecular weight is 284 g/mol. The van der Waals surface area contributed by atoms with Crippen LogP contribution in [0.2, 0.25) is 0 Å². The minimum atomic E-state index is -0.408. The smallest absolute Gasteiger partial charge is 0.248 e. The highest BCUT2D eigenvalue weighted by Crippen LogP contribution is 2.24. The normalized spacial score (nSPS) is 11.9. The highest BCUT2D eigenvalue weighted by atomic mass is 16.5. The number of benzene rings is 2. The summed E-state index contributed by atoms with van der Waals surface area (Å²) in [6.07, 6.45) is 0. The number of ether oxygens (including phenoxy) is 1. The van der Waals surface area contributed by atoms with E-state index in [9.17, 15) is 4.79 Å². The molecule has 0 unspecified atom stereocenters. The van der Waals surface area contributed by atoms with E-state index in [1.165, 1.54) is 0 Å². The van der Waals surface area contributed by atoms with Gasteiger partial charge < -0.3 is 15.8 Å². The Kier molecular flexibility index (Phi) is 4.95. The summed E-state index contributed by atoms with van der Waals surface area (Å²) in [7, 11) is 1.67. The monoisotopic (exact) mass is 284 g/mol. The molecule has 0 saturated carbocycles. The number of nitrogens with one attached hydrogen (secondary N) is 1. The first-order chi connectivity index (χ1) is 10.1. The van der Waals surface area contributed by atoms with Crippen LogP contribution in [0.25, 0.3) is 0 Å². The van der Waals surface area contributed by atoms with Crippen molar-refractivity contribution in [1.82, 2.24) is 5.32 Å². The molecule has 0 aliphatic rings. The zero-order valence-corrected chi connectivity index (χ0v) is 12.3. The SMILES string of the molecule is COc1ccccc1[C@@H](C)NCc1cccc(C(N)=O)c1. The van der Waals surface area contributed by atoms with Crippen LogP contribution in [0, 0.1) is 0 Å². The zero-order valence-electron chi connectivity index (χ0n) is 12.3. The molecule has 1 amide bonds. The van der Waals surface area contributed by atoms with Gasteiger partial charge in [-0.1, -0.05) is 30.3 Å². The van der Waals surface area contributed by atoms with E-state index in [-0.39, 0.29) is 6.04 Å². The van der Waals surface area contributed by atoms with Crippen molar-refractivity contribution in [3.8, 4) is 5.75 Å². The molecule has 2 rings (SSSR count). The van der Waals surface area contributed by atoms with E-state index in [2.05, 4.69) is 12.2 Å². The van der Waals surface area contributed by atoms with Gasteiger partial charge in [-0.15, -0.1) is 0 Å². The van der Waals surface area contributed by atoms with Gasteiger partial charge in [0.05, 0.1) is 7.11 Å². The van der Waals surface area contributed by atoms with Crippen LogP contribution in [0.1, 0.15) is 34.5 Å². The van der Waals surface area contributed by atoms with Crippen molar-refractivity contribution in [3.05, 3.63) is 65.2 Å². The molecule has 0 spiro atoms. The van der Waals surface area contributed by atoms with Crippen molar-refractivity contribution in [2.75, 3.05) is 7.11 Å². The second kappa shape index (κ2) is 6.90. The van der Waals surface area contributed by atoms with Gasteiger partial charge in [-0.2, -0.15) is 0 Å². The van der Waals surface area contributed by atoms with Crippen LogP contribution in [0.4, 0.5) is 0 Å². The Hall–Kier alpha value is -2.33. The highest BCUT2D eigenvalue weighted by molar-refractivity contribution is 5.92. The van der Waals surface area contributed by atoms with Gasteiger partial charge in [0.15, 0.2) is 0 Å². The third kappa shape index (κ3) is 3.83. The first-order valence-electron chi connectivity index (χ1n) is 6.87. The quantitative estimate of drug-likeness (QED) is 0.857. The lowest BCUT2D eigenvalue weighted by Crippen LogP contribution is -2.19. The predicted molar refractivity (Wildman–Crippen MR) is 83.2 cm³/mol. The fraction of sp³-hybridized carbons (Fsp3) is 0.235. The molecule has 21 heavy (non-hydrogen) atoms. The Bertz CT molecular complexity index is 626. The number of carbonyl (C=O) groups excluding carboxylic acids is 1. The van der Waals surface area contributed by atoms with E-state index < -0.39 is 5.91 Å². The number of para-hydroxylation sites is 1. The third-order valence-electron chi connectivity index (χ3n) is 3.43. The Labute approximate surface area is 124 Å². The summed E-state index contributed by atoms with van der Waals surface area (Å²) in [6.45, 7) is 2.73. The van der Waals surface area contributed by atoms with Crippen LogP contribution in [0.5, 0.6) is 5.75 Å². The zero-order chi connectivity index (χ0) is 15.2. The van der Waals surface area contributed by atoms with E-state index in [4.69, 9.17) is 10.5 Å². The summed E-state index contributed by atoms with van der Waals surface area (Å²) in [5, 5.41) is 3.42. The maximum absolute atomic E-state index is 11.2.